The number of rotatable bonds is 6. The molecule has 1 fully saturated rings. The summed E-state index contributed by atoms with van der Waals surface area (Å²) >= 11 is 0. The first kappa shape index (κ1) is 17.7. The topological polar surface area (TPSA) is 72.3 Å². The van der Waals surface area contributed by atoms with E-state index in [1.807, 2.05) is 42.5 Å². The van der Waals surface area contributed by atoms with Gasteiger partial charge in [0.25, 0.3) is 5.56 Å². The van der Waals surface area contributed by atoms with Crippen LogP contribution < -0.4 is 10.3 Å². The maximum atomic E-state index is 12.5. The summed E-state index contributed by atoms with van der Waals surface area (Å²) in [6, 6.07) is 17.3. The fourth-order valence-electron chi connectivity index (χ4n) is 3.56. The van der Waals surface area contributed by atoms with Gasteiger partial charge in [-0.25, -0.2) is 0 Å². The highest BCUT2D eigenvalue weighted by molar-refractivity contribution is 5.56. The molecule has 6 nitrogen and oxygen atoms in total. The van der Waals surface area contributed by atoms with Crippen molar-refractivity contribution >= 4 is 5.78 Å². The summed E-state index contributed by atoms with van der Waals surface area (Å²) in [5.41, 5.74) is 3.84. The average molecular weight is 386 g/mol. The number of benzene rings is 2. The van der Waals surface area contributed by atoms with Crippen LogP contribution in [0.5, 0.6) is 5.75 Å². The molecule has 0 bridgehead atoms. The van der Waals surface area contributed by atoms with Gasteiger partial charge in [-0.2, -0.15) is 9.50 Å². The molecule has 1 aliphatic carbocycles. The van der Waals surface area contributed by atoms with Crippen LogP contribution in [0, 0.1) is 12.8 Å². The number of hydrogen-bond acceptors (Lipinski definition) is 4. The van der Waals surface area contributed by atoms with E-state index in [1.165, 1.54) is 34.6 Å². The second-order valence-electron chi connectivity index (χ2n) is 7.66. The molecule has 0 aliphatic heterocycles. The molecule has 1 N–H and O–H groups in total. The zero-order valence-electron chi connectivity index (χ0n) is 16.3. The summed E-state index contributed by atoms with van der Waals surface area (Å²) < 4.78 is 7.39. The second-order valence-corrected chi connectivity index (χ2v) is 7.66. The number of aromatic nitrogens is 4. The van der Waals surface area contributed by atoms with Crippen molar-refractivity contribution in [2.45, 2.75) is 32.8 Å². The Labute approximate surface area is 168 Å². The first-order valence-electron chi connectivity index (χ1n) is 9.93. The number of nitrogens with zero attached hydrogens (tertiary/aromatic N) is 3. The molecule has 1 aliphatic rings. The summed E-state index contributed by atoms with van der Waals surface area (Å²) in [4.78, 5) is 20.2. The van der Waals surface area contributed by atoms with Crippen molar-refractivity contribution in [3.05, 3.63) is 81.8 Å². The third-order valence-corrected chi connectivity index (χ3v) is 5.36. The summed E-state index contributed by atoms with van der Waals surface area (Å²) in [7, 11) is 0. The van der Waals surface area contributed by atoms with Crippen molar-refractivity contribution in [2.24, 2.45) is 5.92 Å². The molecule has 5 rings (SSSR count). The maximum absolute atomic E-state index is 12.5. The second kappa shape index (κ2) is 7.20. The molecule has 0 radical (unpaired) electrons. The van der Waals surface area contributed by atoms with Crippen LogP contribution >= 0.6 is 0 Å². The molecular formula is C23H22N4O2. The van der Waals surface area contributed by atoms with E-state index >= 15 is 0 Å². The first-order chi connectivity index (χ1) is 14.2. The number of ether oxygens (including phenoxy) is 1. The Morgan fingerprint density at radius 2 is 1.97 bits per heavy atom. The lowest BCUT2D eigenvalue weighted by Crippen LogP contribution is -2.16. The van der Waals surface area contributed by atoms with E-state index in [-0.39, 0.29) is 12.2 Å². The van der Waals surface area contributed by atoms with Gasteiger partial charge in [-0.05, 0) is 49.3 Å². The van der Waals surface area contributed by atoms with Crippen molar-refractivity contribution in [3.8, 4) is 17.1 Å². The standard InChI is InChI=1S/C23H22N4O2/c1-15-6-5-9-20(19(15)12-16-10-11-16)29-14-18-13-21(28)27-23(24-18)25-22(26-27)17-7-3-2-4-8-17/h2-9,13,16H,10-12,14H2,1H3,(H,24,25,26). The molecule has 0 saturated heterocycles. The van der Waals surface area contributed by atoms with E-state index in [2.05, 4.69) is 28.1 Å². The minimum atomic E-state index is -0.227. The van der Waals surface area contributed by atoms with E-state index < -0.39 is 0 Å². The Kier molecular flexibility index (Phi) is 4.39. The third-order valence-electron chi connectivity index (χ3n) is 5.36. The zero-order chi connectivity index (χ0) is 19.8. The molecule has 146 valence electrons. The van der Waals surface area contributed by atoms with Crippen LogP contribution in [0.2, 0.25) is 0 Å². The van der Waals surface area contributed by atoms with Crippen LogP contribution in [0.25, 0.3) is 17.2 Å². The van der Waals surface area contributed by atoms with Gasteiger partial charge in [0.1, 0.15) is 12.4 Å². The Balaban J connectivity index is 1.41. The third kappa shape index (κ3) is 3.66. The van der Waals surface area contributed by atoms with Crippen LogP contribution in [0.3, 0.4) is 0 Å². The highest BCUT2D eigenvalue weighted by atomic mass is 16.5. The van der Waals surface area contributed by atoms with Crippen molar-refractivity contribution in [1.29, 1.82) is 0 Å². The molecule has 0 unspecified atom stereocenters. The SMILES string of the molecule is Cc1cccc(OCc2cc(=O)n3nc(-c4ccccc4)nc3[nH]2)c1CC1CC1. The van der Waals surface area contributed by atoms with E-state index in [0.717, 1.165) is 23.7 Å². The van der Waals surface area contributed by atoms with Crippen molar-refractivity contribution in [1.82, 2.24) is 19.6 Å². The summed E-state index contributed by atoms with van der Waals surface area (Å²) in [6.07, 6.45) is 3.66. The predicted molar refractivity (Wildman–Crippen MR) is 111 cm³/mol. The molecule has 2 heterocycles. The van der Waals surface area contributed by atoms with Crippen molar-refractivity contribution in [2.75, 3.05) is 0 Å². The van der Waals surface area contributed by atoms with Gasteiger partial charge < -0.3 is 9.72 Å². The van der Waals surface area contributed by atoms with Gasteiger partial charge in [-0.3, -0.25) is 4.79 Å². The van der Waals surface area contributed by atoms with Gasteiger partial charge in [-0.15, -0.1) is 5.10 Å². The minimum absolute atomic E-state index is 0.227. The first-order valence-corrected chi connectivity index (χ1v) is 9.93. The van der Waals surface area contributed by atoms with Gasteiger partial charge >= 0.3 is 0 Å². The lowest BCUT2D eigenvalue weighted by molar-refractivity contribution is 0.297. The van der Waals surface area contributed by atoms with E-state index in [0.29, 0.717) is 17.3 Å². The Bertz CT molecular complexity index is 1220. The number of fused-ring (bicyclic) bond motifs is 1. The fourth-order valence-corrected chi connectivity index (χ4v) is 3.56. The lowest BCUT2D eigenvalue weighted by atomic mass is 10.0. The molecule has 1 saturated carbocycles. The van der Waals surface area contributed by atoms with E-state index in [9.17, 15) is 4.79 Å². The van der Waals surface area contributed by atoms with Crippen molar-refractivity contribution in [3.63, 3.8) is 0 Å². The normalized spacial score (nSPS) is 13.7. The number of H-pyrrole nitrogens is 1. The average Bonchev–Trinajstić information content (AvgIpc) is 3.44. The maximum Gasteiger partial charge on any atom is 0.276 e. The van der Waals surface area contributed by atoms with Gasteiger partial charge in [0.15, 0.2) is 5.82 Å². The summed E-state index contributed by atoms with van der Waals surface area (Å²) in [5, 5.41) is 4.33. The van der Waals surface area contributed by atoms with Crippen LogP contribution in [0.15, 0.2) is 59.4 Å². The molecule has 6 heteroatoms. The number of aryl methyl sites for hydroxylation is 1. The molecule has 0 spiro atoms. The number of nitrogens with one attached hydrogen (secondary N) is 1. The minimum Gasteiger partial charge on any atom is -0.487 e. The van der Waals surface area contributed by atoms with Crippen molar-refractivity contribution < 1.29 is 4.74 Å². The predicted octanol–water partition coefficient (Wildman–Crippen LogP) is 3.92. The van der Waals surface area contributed by atoms with Crippen LogP contribution in [-0.4, -0.2) is 19.6 Å². The Morgan fingerprint density at radius 3 is 2.76 bits per heavy atom. The molecular weight excluding hydrogens is 364 g/mol. The van der Waals surface area contributed by atoms with E-state index in [4.69, 9.17) is 4.74 Å². The Morgan fingerprint density at radius 1 is 1.14 bits per heavy atom. The highest BCUT2D eigenvalue weighted by Crippen LogP contribution is 2.36. The molecule has 29 heavy (non-hydrogen) atoms. The highest BCUT2D eigenvalue weighted by Gasteiger charge is 2.24. The fraction of sp³-hybridized carbons (Fsp3) is 0.261. The summed E-state index contributed by atoms with van der Waals surface area (Å²) in [5.74, 6) is 2.60. The number of hydrogen-bond donors (Lipinski definition) is 1. The number of aromatic amines is 1. The molecule has 2 aromatic heterocycles. The quantitative estimate of drug-likeness (QED) is 0.545. The lowest BCUT2D eigenvalue weighted by Gasteiger charge is -2.13. The molecule has 0 amide bonds. The van der Waals surface area contributed by atoms with Crippen LogP contribution in [0.4, 0.5) is 0 Å². The molecule has 2 aromatic carbocycles. The van der Waals surface area contributed by atoms with Crippen LogP contribution in [-0.2, 0) is 13.0 Å². The van der Waals surface area contributed by atoms with Gasteiger partial charge in [0.2, 0.25) is 5.78 Å². The van der Waals surface area contributed by atoms with Gasteiger partial charge in [0, 0.05) is 11.6 Å². The molecule has 0 atom stereocenters. The van der Waals surface area contributed by atoms with E-state index in [1.54, 1.807) is 0 Å². The largest absolute Gasteiger partial charge is 0.487 e. The molecule has 4 aromatic rings. The van der Waals surface area contributed by atoms with Crippen LogP contribution in [0.1, 0.15) is 29.7 Å². The monoisotopic (exact) mass is 386 g/mol. The van der Waals surface area contributed by atoms with Gasteiger partial charge in [0.05, 0.1) is 5.69 Å². The summed E-state index contributed by atoms with van der Waals surface area (Å²) in [6.45, 7) is 2.40. The zero-order valence-corrected chi connectivity index (χ0v) is 16.3. The van der Waals surface area contributed by atoms with Gasteiger partial charge in [-0.1, -0.05) is 42.5 Å². The Hall–Kier alpha value is -3.41. The smallest absolute Gasteiger partial charge is 0.276 e.